The third-order valence-corrected chi connectivity index (χ3v) is 4.95. The summed E-state index contributed by atoms with van der Waals surface area (Å²) in [6.07, 6.45) is 0. The molecule has 0 bridgehead atoms. The van der Waals surface area contributed by atoms with Crippen LogP contribution in [0.3, 0.4) is 0 Å². The number of fused-ring (bicyclic) bond motifs is 1. The highest BCUT2D eigenvalue weighted by atomic mass is 16.5. The Morgan fingerprint density at radius 1 is 0.900 bits per heavy atom. The summed E-state index contributed by atoms with van der Waals surface area (Å²) in [6, 6.07) is 9.12. The van der Waals surface area contributed by atoms with Gasteiger partial charge in [-0.1, -0.05) is 6.07 Å². The van der Waals surface area contributed by atoms with Crippen molar-refractivity contribution in [3.8, 4) is 11.5 Å². The molecule has 30 heavy (non-hydrogen) atoms. The van der Waals surface area contributed by atoms with Crippen LogP contribution >= 0.6 is 0 Å². The SMILES string of the molecule is COc1ccc(C(C)NC(=O)Nc2ccc3c(c2)C(=O)N(C(C)C)C3=O)cc1OC. The van der Waals surface area contributed by atoms with Crippen LogP contribution in [0.1, 0.15) is 53.1 Å². The topological polar surface area (TPSA) is 97.0 Å². The predicted molar refractivity (Wildman–Crippen MR) is 112 cm³/mol. The summed E-state index contributed by atoms with van der Waals surface area (Å²) >= 11 is 0. The minimum atomic E-state index is -0.435. The van der Waals surface area contributed by atoms with Crippen LogP contribution in [0.4, 0.5) is 10.5 Å². The zero-order valence-electron chi connectivity index (χ0n) is 17.6. The number of hydrogen-bond donors (Lipinski definition) is 2. The molecule has 1 unspecified atom stereocenters. The molecule has 1 atom stereocenters. The number of hydrogen-bond acceptors (Lipinski definition) is 5. The van der Waals surface area contributed by atoms with Gasteiger partial charge in [0.2, 0.25) is 0 Å². The molecule has 8 heteroatoms. The summed E-state index contributed by atoms with van der Waals surface area (Å²) < 4.78 is 10.5. The standard InChI is InChI=1S/C22H25N3O5/c1-12(2)25-20(26)16-8-7-15(11-17(16)21(25)27)24-22(28)23-13(3)14-6-9-18(29-4)19(10-14)30-5/h6-13H,1-5H3,(H2,23,24,28). The lowest BCUT2D eigenvalue weighted by Crippen LogP contribution is -2.35. The fraction of sp³-hybridized carbons (Fsp3) is 0.318. The van der Waals surface area contributed by atoms with E-state index in [1.54, 1.807) is 52.3 Å². The molecule has 0 saturated heterocycles. The van der Waals surface area contributed by atoms with Crippen LogP contribution < -0.4 is 20.1 Å². The molecule has 2 aromatic carbocycles. The highest BCUT2D eigenvalue weighted by molar-refractivity contribution is 6.22. The van der Waals surface area contributed by atoms with Crippen molar-refractivity contribution < 1.29 is 23.9 Å². The molecule has 4 amide bonds. The van der Waals surface area contributed by atoms with Crippen LogP contribution in [0.2, 0.25) is 0 Å². The van der Waals surface area contributed by atoms with Gasteiger partial charge in [0.1, 0.15) is 0 Å². The van der Waals surface area contributed by atoms with E-state index in [0.717, 1.165) is 5.56 Å². The molecule has 1 aliphatic heterocycles. The second-order valence-corrected chi connectivity index (χ2v) is 7.27. The smallest absolute Gasteiger partial charge is 0.319 e. The molecule has 0 radical (unpaired) electrons. The Hall–Kier alpha value is -3.55. The van der Waals surface area contributed by atoms with E-state index in [4.69, 9.17) is 9.47 Å². The molecular formula is C22H25N3O5. The number of amides is 4. The van der Waals surface area contributed by atoms with Crippen molar-refractivity contribution >= 4 is 23.5 Å². The summed E-state index contributed by atoms with van der Waals surface area (Å²) in [6.45, 7) is 5.40. The molecule has 8 nitrogen and oxygen atoms in total. The largest absolute Gasteiger partial charge is 0.493 e. The van der Waals surface area contributed by atoms with Crippen molar-refractivity contribution in [2.45, 2.75) is 32.9 Å². The second-order valence-electron chi connectivity index (χ2n) is 7.27. The van der Waals surface area contributed by atoms with Crippen molar-refractivity contribution in [1.29, 1.82) is 0 Å². The molecule has 0 saturated carbocycles. The van der Waals surface area contributed by atoms with Crippen molar-refractivity contribution in [2.75, 3.05) is 19.5 Å². The quantitative estimate of drug-likeness (QED) is 0.708. The van der Waals surface area contributed by atoms with Gasteiger partial charge in [-0.25, -0.2) is 4.79 Å². The van der Waals surface area contributed by atoms with Gasteiger partial charge in [-0.2, -0.15) is 0 Å². The Balaban J connectivity index is 1.71. The average Bonchev–Trinajstić information content (AvgIpc) is 2.97. The lowest BCUT2D eigenvalue weighted by Gasteiger charge is -2.17. The molecule has 0 aliphatic carbocycles. The summed E-state index contributed by atoms with van der Waals surface area (Å²) in [5.41, 5.74) is 1.90. The molecule has 2 aromatic rings. The highest BCUT2D eigenvalue weighted by Gasteiger charge is 2.37. The second kappa shape index (κ2) is 8.44. The van der Waals surface area contributed by atoms with Crippen LogP contribution in [-0.4, -0.2) is 43.0 Å². The molecule has 0 aromatic heterocycles. The minimum Gasteiger partial charge on any atom is -0.493 e. The molecule has 158 valence electrons. The zero-order chi connectivity index (χ0) is 22.0. The first kappa shape index (κ1) is 21.2. The number of nitrogens with zero attached hydrogens (tertiary/aromatic N) is 1. The summed E-state index contributed by atoms with van der Waals surface area (Å²) in [5.74, 6) is 0.502. The van der Waals surface area contributed by atoms with Gasteiger partial charge in [-0.05, 0) is 56.7 Å². The van der Waals surface area contributed by atoms with Gasteiger partial charge in [0.25, 0.3) is 11.8 Å². The Labute approximate surface area is 175 Å². The van der Waals surface area contributed by atoms with Crippen molar-refractivity contribution in [2.24, 2.45) is 0 Å². The lowest BCUT2D eigenvalue weighted by atomic mass is 10.1. The summed E-state index contributed by atoms with van der Waals surface area (Å²) in [4.78, 5) is 38.6. The first-order chi connectivity index (χ1) is 14.3. The molecule has 2 N–H and O–H groups in total. The van der Waals surface area contributed by atoms with Crippen LogP contribution in [-0.2, 0) is 0 Å². The van der Waals surface area contributed by atoms with Crippen LogP contribution in [0, 0.1) is 0 Å². The zero-order valence-corrected chi connectivity index (χ0v) is 17.6. The number of carbonyl (C=O) groups is 3. The van der Waals surface area contributed by atoms with Gasteiger partial charge in [-0.3, -0.25) is 14.5 Å². The number of rotatable bonds is 6. The van der Waals surface area contributed by atoms with Gasteiger partial charge in [0.15, 0.2) is 11.5 Å². The van der Waals surface area contributed by atoms with E-state index in [9.17, 15) is 14.4 Å². The van der Waals surface area contributed by atoms with Crippen molar-refractivity contribution in [3.63, 3.8) is 0 Å². The molecule has 0 spiro atoms. The van der Waals surface area contributed by atoms with Gasteiger partial charge in [0.05, 0.1) is 31.4 Å². The van der Waals surface area contributed by atoms with Gasteiger partial charge >= 0.3 is 6.03 Å². The van der Waals surface area contributed by atoms with E-state index in [1.807, 2.05) is 13.0 Å². The predicted octanol–water partition coefficient (Wildman–Crippen LogP) is 3.59. The summed E-state index contributed by atoms with van der Waals surface area (Å²) in [7, 11) is 3.11. The van der Waals surface area contributed by atoms with E-state index in [1.165, 1.54) is 11.0 Å². The van der Waals surface area contributed by atoms with E-state index in [2.05, 4.69) is 10.6 Å². The van der Waals surface area contributed by atoms with Crippen molar-refractivity contribution in [3.05, 3.63) is 53.1 Å². The Morgan fingerprint density at radius 3 is 2.20 bits per heavy atom. The summed E-state index contributed by atoms with van der Waals surface area (Å²) in [5, 5.41) is 5.55. The number of methoxy groups -OCH3 is 2. The van der Waals surface area contributed by atoms with Crippen LogP contribution in [0.5, 0.6) is 11.5 Å². The van der Waals surface area contributed by atoms with E-state index >= 15 is 0 Å². The Bertz CT molecular complexity index is 1000. The lowest BCUT2D eigenvalue weighted by molar-refractivity contribution is 0.0609. The number of imide groups is 1. The number of carbonyl (C=O) groups excluding carboxylic acids is 3. The van der Waals surface area contributed by atoms with Gasteiger partial charge in [0, 0.05) is 11.7 Å². The normalized spacial score (nSPS) is 13.9. The Kier molecular flexibility index (Phi) is 5.96. The minimum absolute atomic E-state index is 0.237. The number of benzene rings is 2. The fourth-order valence-electron chi connectivity index (χ4n) is 3.38. The molecule has 1 heterocycles. The van der Waals surface area contributed by atoms with Gasteiger partial charge < -0.3 is 20.1 Å². The maximum absolute atomic E-state index is 12.5. The Morgan fingerprint density at radius 2 is 1.57 bits per heavy atom. The number of anilines is 1. The van der Waals surface area contributed by atoms with Crippen LogP contribution in [0.25, 0.3) is 0 Å². The highest BCUT2D eigenvalue weighted by Crippen LogP contribution is 2.30. The average molecular weight is 411 g/mol. The maximum atomic E-state index is 12.5. The van der Waals surface area contributed by atoms with Crippen molar-refractivity contribution in [1.82, 2.24) is 10.2 Å². The molecule has 0 fully saturated rings. The van der Waals surface area contributed by atoms with Crippen LogP contribution in [0.15, 0.2) is 36.4 Å². The van der Waals surface area contributed by atoms with E-state index in [-0.39, 0.29) is 23.9 Å². The molecule has 3 rings (SSSR count). The first-order valence-corrected chi connectivity index (χ1v) is 9.58. The maximum Gasteiger partial charge on any atom is 0.319 e. The number of urea groups is 1. The van der Waals surface area contributed by atoms with Gasteiger partial charge in [-0.15, -0.1) is 0 Å². The number of nitrogens with one attached hydrogen (secondary N) is 2. The van der Waals surface area contributed by atoms with E-state index in [0.29, 0.717) is 28.3 Å². The third kappa shape index (κ3) is 3.94. The molecular weight excluding hydrogens is 386 g/mol. The third-order valence-electron chi connectivity index (χ3n) is 4.95. The first-order valence-electron chi connectivity index (χ1n) is 9.58. The fourth-order valence-corrected chi connectivity index (χ4v) is 3.38. The number of ether oxygens (including phenoxy) is 2. The van der Waals surface area contributed by atoms with E-state index < -0.39 is 6.03 Å². The monoisotopic (exact) mass is 411 g/mol. The molecule has 1 aliphatic rings.